The molecule has 0 bridgehead atoms. The van der Waals surface area contributed by atoms with Gasteiger partial charge in [-0.25, -0.2) is 9.67 Å². The van der Waals surface area contributed by atoms with Crippen LogP contribution in [0.1, 0.15) is 22.4 Å². The lowest BCUT2D eigenvalue weighted by atomic mass is 10.0. The molecule has 0 fully saturated rings. The fraction of sp³-hybridized carbons (Fsp3) is 0.148. The number of halogens is 3. The number of fused-ring (bicyclic) bond motifs is 1. The predicted molar refractivity (Wildman–Crippen MR) is 126 cm³/mol. The highest BCUT2D eigenvalue weighted by atomic mass is 19.4. The zero-order chi connectivity index (χ0) is 24.3. The van der Waals surface area contributed by atoms with Gasteiger partial charge in [0.1, 0.15) is 5.69 Å². The molecule has 0 aliphatic rings. The fourth-order valence-electron chi connectivity index (χ4n) is 3.86. The second-order valence-corrected chi connectivity index (χ2v) is 8.14. The minimum Gasteiger partial charge on any atom is -0.370 e. The van der Waals surface area contributed by atoms with Gasteiger partial charge in [0.25, 0.3) is 0 Å². The molecular formula is C27H21F3N4O. The summed E-state index contributed by atoms with van der Waals surface area (Å²) >= 11 is 0. The van der Waals surface area contributed by atoms with E-state index in [1.165, 1.54) is 12.1 Å². The van der Waals surface area contributed by atoms with Crippen LogP contribution in [0.5, 0.6) is 0 Å². The molecule has 0 saturated carbocycles. The van der Waals surface area contributed by atoms with Crippen LogP contribution < -0.4 is 0 Å². The minimum absolute atomic E-state index is 0.279. The van der Waals surface area contributed by atoms with Gasteiger partial charge in [0.15, 0.2) is 0 Å². The third kappa shape index (κ3) is 5.38. The first-order valence-electron chi connectivity index (χ1n) is 11.0. The van der Waals surface area contributed by atoms with Crippen molar-refractivity contribution in [1.29, 1.82) is 0 Å². The van der Waals surface area contributed by atoms with Crippen LogP contribution >= 0.6 is 0 Å². The Morgan fingerprint density at radius 3 is 2.34 bits per heavy atom. The van der Waals surface area contributed by atoms with Crippen molar-refractivity contribution in [2.24, 2.45) is 0 Å². The number of benzene rings is 3. The number of ether oxygens (including phenoxy) is 1. The molecule has 5 nitrogen and oxygen atoms in total. The first-order chi connectivity index (χ1) is 17.0. The summed E-state index contributed by atoms with van der Waals surface area (Å²) in [6, 6.07) is 24.5. The summed E-state index contributed by atoms with van der Waals surface area (Å²) in [5.41, 5.74) is 3.98. The minimum atomic E-state index is -4.38. The van der Waals surface area contributed by atoms with Gasteiger partial charge in [-0.2, -0.15) is 13.2 Å². The topological polar surface area (TPSA) is 52.8 Å². The molecular weight excluding hydrogens is 453 g/mol. The van der Waals surface area contributed by atoms with Gasteiger partial charge in [-0.3, -0.25) is 0 Å². The van der Waals surface area contributed by atoms with Crippen molar-refractivity contribution in [2.75, 3.05) is 0 Å². The smallest absolute Gasteiger partial charge is 0.370 e. The number of nitrogens with zero attached hydrogens (tertiary/aromatic N) is 4. The van der Waals surface area contributed by atoms with E-state index < -0.39 is 11.7 Å². The average molecular weight is 474 g/mol. The number of rotatable bonds is 7. The summed E-state index contributed by atoms with van der Waals surface area (Å²) in [6.45, 7) is 1.20. The van der Waals surface area contributed by atoms with Crippen molar-refractivity contribution in [3.63, 3.8) is 0 Å². The molecule has 0 aliphatic carbocycles. The average Bonchev–Trinajstić information content (AvgIpc) is 3.31. The molecule has 0 radical (unpaired) electrons. The Bertz CT molecular complexity index is 1430. The van der Waals surface area contributed by atoms with Crippen LogP contribution in [-0.4, -0.2) is 20.0 Å². The van der Waals surface area contributed by atoms with Crippen LogP contribution in [0.4, 0.5) is 13.2 Å². The molecule has 0 spiro atoms. The van der Waals surface area contributed by atoms with E-state index in [1.807, 2.05) is 66.9 Å². The molecule has 2 heterocycles. The first kappa shape index (κ1) is 22.7. The molecule has 35 heavy (non-hydrogen) atoms. The largest absolute Gasteiger partial charge is 0.416 e. The molecule has 0 amide bonds. The Kier molecular flexibility index (Phi) is 6.29. The van der Waals surface area contributed by atoms with Gasteiger partial charge < -0.3 is 4.74 Å². The van der Waals surface area contributed by atoms with Gasteiger partial charge in [0.05, 0.1) is 42.7 Å². The third-order valence-electron chi connectivity index (χ3n) is 5.59. The second-order valence-electron chi connectivity index (χ2n) is 8.14. The van der Waals surface area contributed by atoms with Crippen molar-refractivity contribution in [3.05, 3.63) is 114 Å². The number of aromatic nitrogens is 4. The normalized spacial score (nSPS) is 11.7. The zero-order valence-electron chi connectivity index (χ0n) is 18.6. The quantitative estimate of drug-likeness (QED) is 0.279. The van der Waals surface area contributed by atoms with Crippen LogP contribution in [0.3, 0.4) is 0 Å². The number of alkyl halides is 3. The molecule has 0 aliphatic heterocycles. The lowest BCUT2D eigenvalue weighted by Gasteiger charge is -2.11. The highest BCUT2D eigenvalue weighted by molar-refractivity contribution is 5.85. The Balaban J connectivity index is 1.32. The summed E-state index contributed by atoms with van der Waals surface area (Å²) in [7, 11) is 0. The maximum atomic E-state index is 12.9. The van der Waals surface area contributed by atoms with E-state index in [0.717, 1.165) is 34.2 Å². The number of para-hydroxylation sites is 1. The maximum Gasteiger partial charge on any atom is 0.416 e. The van der Waals surface area contributed by atoms with Crippen LogP contribution in [-0.2, 0) is 30.7 Å². The standard InChI is InChI=1S/C27H21F3N4O/c28-27(29,30)22-12-10-20(11-13-22)26-14-21(24-8-4-5-9-25(24)31-26)17-35-18-23-16-34(33-32-23)15-19-6-2-1-3-7-19/h1-14,16H,15,17-18H2. The number of pyridine rings is 1. The first-order valence-corrected chi connectivity index (χ1v) is 11.0. The monoisotopic (exact) mass is 474 g/mol. The summed E-state index contributed by atoms with van der Waals surface area (Å²) in [6.07, 6.45) is -2.53. The molecule has 3 aromatic carbocycles. The molecule has 2 aromatic heterocycles. The molecule has 0 N–H and O–H groups in total. The van der Waals surface area contributed by atoms with Crippen LogP contribution in [0.2, 0.25) is 0 Å². The van der Waals surface area contributed by atoms with Crippen molar-refractivity contribution in [3.8, 4) is 11.3 Å². The molecule has 0 unspecified atom stereocenters. The fourth-order valence-corrected chi connectivity index (χ4v) is 3.86. The summed E-state index contributed by atoms with van der Waals surface area (Å²) < 4.78 is 46.5. The predicted octanol–water partition coefficient (Wildman–Crippen LogP) is 6.28. The molecule has 0 saturated heterocycles. The Morgan fingerprint density at radius 1 is 0.829 bits per heavy atom. The Morgan fingerprint density at radius 2 is 1.57 bits per heavy atom. The summed E-state index contributed by atoms with van der Waals surface area (Å²) in [4.78, 5) is 4.64. The van der Waals surface area contributed by atoms with Gasteiger partial charge in [0.2, 0.25) is 0 Å². The van der Waals surface area contributed by atoms with Crippen LogP contribution in [0.25, 0.3) is 22.2 Å². The van der Waals surface area contributed by atoms with E-state index in [-0.39, 0.29) is 6.61 Å². The molecule has 176 valence electrons. The lowest BCUT2D eigenvalue weighted by Crippen LogP contribution is -2.04. The summed E-state index contributed by atoms with van der Waals surface area (Å²) in [5, 5.41) is 9.27. The van der Waals surface area contributed by atoms with Gasteiger partial charge in [-0.1, -0.05) is 65.9 Å². The van der Waals surface area contributed by atoms with Crippen molar-refractivity contribution >= 4 is 10.9 Å². The van der Waals surface area contributed by atoms with E-state index in [2.05, 4.69) is 15.3 Å². The van der Waals surface area contributed by atoms with Crippen LogP contribution in [0, 0.1) is 0 Å². The Labute approximate surface area is 199 Å². The van der Waals surface area contributed by atoms with Crippen molar-refractivity contribution in [2.45, 2.75) is 25.9 Å². The summed E-state index contributed by atoms with van der Waals surface area (Å²) in [5.74, 6) is 0. The zero-order valence-corrected chi connectivity index (χ0v) is 18.6. The number of hydrogen-bond acceptors (Lipinski definition) is 4. The second kappa shape index (κ2) is 9.68. The van der Waals surface area contributed by atoms with Gasteiger partial charge >= 0.3 is 6.18 Å². The van der Waals surface area contributed by atoms with E-state index >= 15 is 0 Å². The van der Waals surface area contributed by atoms with E-state index in [0.29, 0.717) is 30.1 Å². The van der Waals surface area contributed by atoms with E-state index in [4.69, 9.17) is 4.74 Å². The lowest BCUT2D eigenvalue weighted by molar-refractivity contribution is -0.137. The van der Waals surface area contributed by atoms with Crippen LogP contribution in [0.15, 0.2) is 91.1 Å². The van der Waals surface area contributed by atoms with Crippen molar-refractivity contribution < 1.29 is 17.9 Å². The van der Waals surface area contributed by atoms with E-state index in [1.54, 1.807) is 4.68 Å². The van der Waals surface area contributed by atoms with Crippen molar-refractivity contribution in [1.82, 2.24) is 20.0 Å². The van der Waals surface area contributed by atoms with Gasteiger partial charge in [-0.15, -0.1) is 5.10 Å². The van der Waals surface area contributed by atoms with E-state index in [9.17, 15) is 13.2 Å². The molecule has 8 heteroatoms. The molecule has 0 atom stereocenters. The van der Waals surface area contributed by atoms with Gasteiger partial charge in [0, 0.05) is 10.9 Å². The highest BCUT2D eigenvalue weighted by Gasteiger charge is 2.30. The Hall–Kier alpha value is -4.04. The molecule has 5 rings (SSSR count). The number of hydrogen-bond donors (Lipinski definition) is 0. The van der Waals surface area contributed by atoms with Gasteiger partial charge in [-0.05, 0) is 35.4 Å². The third-order valence-corrected chi connectivity index (χ3v) is 5.59. The molecule has 5 aromatic rings. The SMILES string of the molecule is FC(F)(F)c1ccc(-c2cc(COCc3cn(Cc4ccccc4)nn3)c3ccccc3n2)cc1. The maximum absolute atomic E-state index is 12.9. The highest BCUT2D eigenvalue weighted by Crippen LogP contribution is 2.31.